The first-order chi connectivity index (χ1) is 25.1. The molecule has 1 saturated heterocycles. The van der Waals surface area contributed by atoms with Crippen LogP contribution in [0.5, 0.6) is 5.75 Å². The number of nitrogens with zero attached hydrogens (tertiary/aromatic N) is 3. The van der Waals surface area contributed by atoms with Gasteiger partial charge in [-0.3, -0.25) is 5.01 Å². The number of halogens is 2. The maximum Gasteiger partial charge on any atom is 0.934 e. The number of ether oxygens (including phenoxy) is 5. The second-order valence-corrected chi connectivity index (χ2v) is 12.7. The lowest BCUT2D eigenvalue weighted by molar-refractivity contribution is -0.343. The largest absolute Gasteiger partial charge is 0.934 e. The van der Waals surface area contributed by atoms with Gasteiger partial charge in [-0.1, -0.05) is 24.3 Å². The molecular formula is C38H50BF2N6O5+. The summed E-state index contributed by atoms with van der Waals surface area (Å²) in [5.74, 6) is 7.15. The lowest BCUT2D eigenvalue weighted by atomic mass is 9.93. The Morgan fingerprint density at radius 2 is 1.44 bits per heavy atom. The quantitative estimate of drug-likeness (QED) is 0.162. The number of aromatic nitrogens is 1. The summed E-state index contributed by atoms with van der Waals surface area (Å²) < 4.78 is 58.3. The molecule has 0 amide bonds. The van der Waals surface area contributed by atoms with Gasteiger partial charge in [-0.25, -0.2) is 19.0 Å². The average Bonchev–Trinajstić information content (AvgIpc) is 3.61. The number of aryl methyl sites for hydroxylation is 2. The Kier molecular flexibility index (Phi) is 13.7. The molecule has 2 aromatic carbocycles. The fourth-order valence-electron chi connectivity index (χ4n) is 6.46. The predicted octanol–water partition coefficient (Wildman–Crippen LogP) is 5.28. The third-order valence-corrected chi connectivity index (χ3v) is 8.97. The van der Waals surface area contributed by atoms with Crippen LogP contribution in [0, 0.1) is 13.8 Å². The molecule has 0 radical (unpaired) electrons. The highest BCUT2D eigenvalue weighted by atomic mass is 19.2. The number of nitrogens with one attached hydrogen (secondary N) is 1. The summed E-state index contributed by atoms with van der Waals surface area (Å²) in [4.78, 5) is 5.54. The monoisotopic (exact) mass is 719 g/mol. The van der Waals surface area contributed by atoms with Crippen LogP contribution in [0.3, 0.4) is 0 Å². The summed E-state index contributed by atoms with van der Waals surface area (Å²) in [6.07, 6.45) is 3.43. The van der Waals surface area contributed by atoms with E-state index in [0.29, 0.717) is 100 Å². The molecule has 2 aliphatic heterocycles. The highest BCUT2D eigenvalue weighted by Gasteiger charge is 2.44. The summed E-state index contributed by atoms with van der Waals surface area (Å²) >= 11 is 0. The molecule has 5 N–H and O–H groups in total. The minimum atomic E-state index is -2.69. The Morgan fingerprint density at radius 1 is 0.865 bits per heavy atom. The molecule has 0 unspecified atom stereocenters. The number of hydrogen-bond acceptors (Lipinski definition) is 9. The highest BCUT2D eigenvalue weighted by Crippen LogP contribution is 2.36. The molecule has 3 aromatic rings. The SMILES string of the molecule is COc1cc(N(N)/C=C(\N)c2ccc(/C(=C3\C(C)=CC(C)=[N+]3B(F)F)c3[nH]c(C)cc3C)cc2)ccc1N1CCOCCOCCOCCOCC1. The van der Waals surface area contributed by atoms with Gasteiger partial charge in [0.25, 0.3) is 0 Å². The van der Waals surface area contributed by atoms with Crippen molar-refractivity contribution in [3.63, 3.8) is 0 Å². The van der Waals surface area contributed by atoms with E-state index in [4.69, 9.17) is 35.3 Å². The van der Waals surface area contributed by atoms with Gasteiger partial charge >= 0.3 is 7.40 Å². The van der Waals surface area contributed by atoms with Gasteiger partial charge in [-0.05, 0) is 55.7 Å². The fraction of sp³-hybridized carbons (Fsp3) is 0.395. The maximum absolute atomic E-state index is 14.4. The van der Waals surface area contributed by atoms with Gasteiger partial charge < -0.3 is 39.3 Å². The number of rotatable bonds is 8. The second-order valence-electron chi connectivity index (χ2n) is 12.7. The van der Waals surface area contributed by atoms with Crippen LogP contribution >= 0.6 is 0 Å². The molecule has 0 bridgehead atoms. The Morgan fingerprint density at radius 3 is 1.98 bits per heavy atom. The Balaban J connectivity index is 1.37. The molecule has 0 aliphatic carbocycles. The highest BCUT2D eigenvalue weighted by molar-refractivity contribution is 6.35. The van der Waals surface area contributed by atoms with Crippen molar-refractivity contribution in [3.05, 3.63) is 100 Å². The number of allylic oxidation sites excluding steroid dienone is 2. The van der Waals surface area contributed by atoms with Crippen LogP contribution in [0.1, 0.15) is 41.9 Å². The van der Waals surface area contributed by atoms with Gasteiger partial charge in [0.05, 0.1) is 88.3 Å². The molecule has 11 nitrogen and oxygen atoms in total. The number of anilines is 2. The van der Waals surface area contributed by atoms with Crippen LogP contribution in [0.4, 0.5) is 20.0 Å². The van der Waals surface area contributed by atoms with Crippen molar-refractivity contribution in [1.82, 2.24) is 4.98 Å². The van der Waals surface area contributed by atoms with Gasteiger partial charge in [0, 0.05) is 49.6 Å². The fourth-order valence-corrected chi connectivity index (χ4v) is 6.46. The van der Waals surface area contributed by atoms with Crippen molar-refractivity contribution < 1.29 is 36.8 Å². The summed E-state index contributed by atoms with van der Waals surface area (Å²) in [5, 5.41) is 1.44. The Bertz CT molecular complexity index is 1790. The topological polar surface area (TPSA) is 123 Å². The average molecular weight is 720 g/mol. The number of H-pyrrole nitrogens is 1. The zero-order chi connectivity index (χ0) is 37.2. The lowest BCUT2D eigenvalue weighted by Crippen LogP contribution is -2.32. The van der Waals surface area contributed by atoms with Crippen molar-refractivity contribution in [2.45, 2.75) is 27.7 Å². The number of hydrogen-bond donors (Lipinski definition) is 3. The first-order valence-corrected chi connectivity index (χ1v) is 17.5. The predicted molar refractivity (Wildman–Crippen MR) is 203 cm³/mol. The minimum Gasteiger partial charge on any atom is -0.495 e. The second kappa shape index (κ2) is 18.3. The van der Waals surface area contributed by atoms with Gasteiger partial charge in [-0.2, -0.15) is 0 Å². The molecular weight excluding hydrogens is 669 g/mol. The standard InChI is InChI=1S/C38H49BF2N6O5/c1-26-22-28(3)44-37(26)36(38-27(2)23-29(4)47(38)39(40)41)31-8-6-30(7-9-31)33(42)25-46(43)32-10-11-34(35(24-32)48-5)45-12-14-49-16-18-51-20-21-52-19-17-50-15-13-45/h6-11,22-25H,12-21,42-43H2,1-5H3/p+1/b33-25-. The van der Waals surface area contributed by atoms with E-state index in [1.807, 2.05) is 69.3 Å². The normalized spacial score (nSPS) is 18.1. The molecule has 5 rings (SSSR count). The summed E-state index contributed by atoms with van der Waals surface area (Å²) in [7, 11) is -1.08. The van der Waals surface area contributed by atoms with E-state index in [1.54, 1.807) is 26.3 Å². The molecule has 0 atom stereocenters. The van der Waals surface area contributed by atoms with E-state index < -0.39 is 7.40 Å². The summed E-state index contributed by atoms with van der Waals surface area (Å²) in [5.41, 5.74) is 15.1. The van der Waals surface area contributed by atoms with Crippen molar-refractivity contribution in [2.24, 2.45) is 11.6 Å². The summed E-state index contributed by atoms with van der Waals surface area (Å²) in [6.45, 7) is 12.8. The minimum absolute atomic E-state index is 0.418. The van der Waals surface area contributed by atoms with Gasteiger partial charge in [-0.15, -0.1) is 0 Å². The van der Waals surface area contributed by atoms with Crippen LogP contribution < -0.4 is 26.2 Å². The molecule has 1 aromatic heterocycles. The molecule has 14 heteroatoms. The summed E-state index contributed by atoms with van der Waals surface area (Å²) in [6, 6.07) is 15.2. The van der Waals surface area contributed by atoms with Crippen LogP contribution in [0.25, 0.3) is 11.3 Å². The van der Waals surface area contributed by atoms with Crippen molar-refractivity contribution in [1.29, 1.82) is 0 Å². The van der Waals surface area contributed by atoms with E-state index in [9.17, 15) is 8.63 Å². The number of hydrazine groups is 1. The van der Waals surface area contributed by atoms with Gasteiger partial charge in [0.2, 0.25) is 0 Å². The first-order valence-electron chi connectivity index (χ1n) is 17.5. The molecule has 0 spiro atoms. The third-order valence-electron chi connectivity index (χ3n) is 8.97. The van der Waals surface area contributed by atoms with Crippen molar-refractivity contribution in [3.8, 4) is 5.75 Å². The van der Waals surface area contributed by atoms with Gasteiger partial charge in [0.1, 0.15) is 5.75 Å². The molecule has 1 fully saturated rings. The Hall–Kier alpha value is -4.47. The Labute approximate surface area is 305 Å². The molecule has 0 saturated carbocycles. The number of nitrogens with two attached hydrogens (primary N) is 2. The first kappa shape index (κ1) is 38.8. The zero-order valence-corrected chi connectivity index (χ0v) is 30.7. The van der Waals surface area contributed by atoms with Crippen molar-refractivity contribution >= 4 is 35.8 Å². The third kappa shape index (κ3) is 9.49. The molecule has 278 valence electrons. The lowest BCUT2D eigenvalue weighted by Gasteiger charge is -2.27. The van der Waals surface area contributed by atoms with E-state index in [0.717, 1.165) is 43.8 Å². The van der Waals surface area contributed by atoms with Crippen LogP contribution in [-0.2, 0) is 18.9 Å². The van der Waals surface area contributed by atoms with Crippen molar-refractivity contribution in [2.75, 3.05) is 83.0 Å². The van der Waals surface area contributed by atoms with Crippen LogP contribution in [0.15, 0.2) is 72.1 Å². The van der Waals surface area contributed by atoms with E-state index >= 15 is 0 Å². The maximum atomic E-state index is 14.4. The number of benzene rings is 2. The number of methoxy groups -OCH3 is 1. The molecule has 52 heavy (non-hydrogen) atoms. The zero-order valence-electron chi connectivity index (χ0n) is 30.7. The van der Waals surface area contributed by atoms with Crippen LogP contribution in [0.2, 0.25) is 0 Å². The molecule has 3 heterocycles. The molecule has 2 aliphatic rings. The van der Waals surface area contributed by atoms with E-state index in [-0.39, 0.29) is 0 Å². The van der Waals surface area contributed by atoms with Crippen LogP contribution in [-0.4, -0.2) is 95.6 Å². The van der Waals surface area contributed by atoms with Gasteiger partial charge in [0.15, 0.2) is 11.4 Å². The smallest absolute Gasteiger partial charge is 0.495 e. The number of aromatic amines is 1. The van der Waals surface area contributed by atoms with E-state index in [1.165, 1.54) is 5.01 Å². The van der Waals surface area contributed by atoms with E-state index in [2.05, 4.69) is 9.88 Å².